The third kappa shape index (κ3) is 61.2. The van der Waals surface area contributed by atoms with Crippen molar-refractivity contribution >= 4 is 19.8 Å². The highest BCUT2D eigenvalue weighted by molar-refractivity contribution is 7.47. The third-order valence-corrected chi connectivity index (χ3v) is 13.5. The molecule has 10 heteroatoms. The standard InChI is InChI=1S/C67H112NO8P/c1-3-5-7-9-11-13-15-17-19-21-23-25-27-28-29-30-31-32-33-34-35-36-38-40-42-44-46-48-50-52-54-56-58-60-67(70)76-65(64-75-77(71,72)74-62-61-68)63-73-66(69)59-57-55-53-51-49-47-45-43-41-39-37-26-24-22-20-18-16-14-12-10-8-6-4-2/h5,7,11,13,16-19,22-25,28-29,31-32,34-35,37-40,65H,3-4,6,8-10,12,14-15,20-21,26-27,30,33,36,41-64,68H2,1-2H3,(H,71,72)/b7-5-,13-11-,18-16-,19-17-,24-22-,25-23-,29-28-,32-31-,35-34-,39-37-,40-38-. The number of phosphoric acid groups is 1. The molecule has 0 rings (SSSR count). The number of carbonyl (C=O) groups excluding carboxylic acids is 2. The molecule has 438 valence electrons. The van der Waals surface area contributed by atoms with Crippen LogP contribution in [0.4, 0.5) is 0 Å². The lowest BCUT2D eigenvalue weighted by Crippen LogP contribution is -2.29. The number of carbonyl (C=O) groups is 2. The fourth-order valence-corrected chi connectivity index (χ4v) is 8.78. The van der Waals surface area contributed by atoms with E-state index >= 15 is 0 Å². The molecule has 0 aromatic carbocycles. The third-order valence-electron chi connectivity index (χ3n) is 12.5. The molecular weight excluding hydrogens is 978 g/mol. The quantitative estimate of drug-likeness (QED) is 0.0264. The molecule has 0 amide bonds. The molecule has 0 bridgehead atoms. The molecule has 0 aromatic rings. The SMILES string of the molecule is CC/C=C\C/C=C\C/C=C\C/C=C\C/C=C\C/C=C\C/C=C\C/C=C\CCCCCCCCCCC(=O)OC(COC(=O)CCCCCCCCCC/C=C\C/C=C\C/C=C\CCCCCCC)COP(=O)(O)OCCN. The second-order valence-electron chi connectivity index (χ2n) is 19.8. The highest BCUT2D eigenvalue weighted by Gasteiger charge is 2.26. The molecule has 0 heterocycles. The van der Waals surface area contributed by atoms with Gasteiger partial charge in [-0.15, -0.1) is 0 Å². The molecule has 0 fully saturated rings. The van der Waals surface area contributed by atoms with Crippen molar-refractivity contribution < 1.29 is 37.6 Å². The largest absolute Gasteiger partial charge is 0.472 e. The van der Waals surface area contributed by atoms with Crippen LogP contribution in [0.25, 0.3) is 0 Å². The van der Waals surface area contributed by atoms with Crippen LogP contribution in [0.15, 0.2) is 134 Å². The Bertz CT molecular complexity index is 1720. The maximum absolute atomic E-state index is 12.7. The molecule has 77 heavy (non-hydrogen) atoms. The molecule has 0 saturated carbocycles. The molecule has 0 aliphatic rings. The zero-order chi connectivity index (χ0) is 55.9. The van der Waals surface area contributed by atoms with Gasteiger partial charge in [-0.2, -0.15) is 0 Å². The minimum Gasteiger partial charge on any atom is -0.462 e. The number of esters is 2. The lowest BCUT2D eigenvalue weighted by Gasteiger charge is -2.19. The van der Waals surface area contributed by atoms with E-state index in [4.69, 9.17) is 24.3 Å². The summed E-state index contributed by atoms with van der Waals surface area (Å²) in [5, 5.41) is 0. The van der Waals surface area contributed by atoms with Crippen LogP contribution in [0.2, 0.25) is 0 Å². The fourth-order valence-electron chi connectivity index (χ4n) is 8.01. The van der Waals surface area contributed by atoms with E-state index in [1.807, 2.05) is 0 Å². The van der Waals surface area contributed by atoms with E-state index in [1.54, 1.807) is 0 Å². The van der Waals surface area contributed by atoms with Crippen molar-refractivity contribution in [2.75, 3.05) is 26.4 Å². The second-order valence-corrected chi connectivity index (χ2v) is 21.3. The Morgan fingerprint density at radius 3 is 1.06 bits per heavy atom. The molecule has 0 aliphatic carbocycles. The van der Waals surface area contributed by atoms with Gasteiger partial charge in [-0.25, -0.2) is 4.57 Å². The number of hydrogen-bond donors (Lipinski definition) is 2. The Balaban J connectivity index is 4.04. The molecule has 0 radical (unpaired) electrons. The number of allylic oxidation sites excluding steroid dienone is 22. The van der Waals surface area contributed by atoms with Crippen molar-refractivity contribution in [3.63, 3.8) is 0 Å². The Kier molecular flexibility index (Phi) is 58.3. The van der Waals surface area contributed by atoms with Gasteiger partial charge in [-0.3, -0.25) is 18.6 Å². The van der Waals surface area contributed by atoms with Crippen molar-refractivity contribution in [2.45, 2.75) is 251 Å². The molecule has 9 nitrogen and oxygen atoms in total. The fraction of sp³-hybridized carbons (Fsp3) is 0.642. The lowest BCUT2D eigenvalue weighted by molar-refractivity contribution is -0.161. The Hall–Kier alpha value is -3.85. The zero-order valence-corrected chi connectivity index (χ0v) is 49.8. The van der Waals surface area contributed by atoms with Gasteiger partial charge in [0.15, 0.2) is 6.10 Å². The van der Waals surface area contributed by atoms with Crippen LogP contribution >= 0.6 is 7.82 Å². The molecule has 2 atom stereocenters. The van der Waals surface area contributed by atoms with Crippen LogP contribution in [-0.2, 0) is 32.7 Å². The summed E-state index contributed by atoms with van der Waals surface area (Å²) in [4.78, 5) is 35.2. The van der Waals surface area contributed by atoms with E-state index < -0.39 is 32.5 Å². The van der Waals surface area contributed by atoms with E-state index in [0.717, 1.165) is 122 Å². The smallest absolute Gasteiger partial charge is 0.462 e. The number of phosphoric ester groups is 1. The summed E-state index contributed by atoms with van der Waals surface area (Å²) >= 11 is 0. The van der Waals surface area contributed by atoms with Crippen molar-refractivity contribution in [2.24, 2.45) is 5.73 Å². The highest BCUT2D eigenvalue weighted by Crippen LogP contribution is 2.43. The minimum atomic E-state index is -4.40. The number of hydrogen-bond acceptors (Lipinski definition) is 8. The first-order valence-electron chi connectivity index (χ1n) is 30.7. The predicted molar refractivity (Wildman–Crippen MR) is 330 cm³/mol. The van der Waals surface area contributed by atoms with Gasteiger partial charge in [-0.1, -0.05) is 250 Å². The first-order chi connectivity index (χ1) is 37.8. The van der Waals surface area contributed by atoms with Gasteiger partial charge < -0.3 is 20.1 Å². The molecule has 0 aromatic heterocycles. The zero-order valence-electron chi connectivity index (χ0n) is 48.9. The first kappa shape index (κ1) is 73.2. The van der Waals surface area contributed by atoms with E-state index in [9.17, 15) is 19.0 Å². The minimum absolute atomic E-state index is 0.0439. The van der Waals surface area contributed by atoms with Gasteiger partial charge in [0.1, 0.15) is 6.61 Å². The average molecular weight is 1090 g/mol. The molecule has 0 saturated heterocycles. The summed E-state index contributed by atoms with van der Waals surface area (Å²) in [6, 6.07) is 0. The van der Waals surface area contributed by atoms with E-state index in [1.165, 1.54) is 89.9 Å². The summed E-state index contributed by atoms with van der Waals surface area (Å²) in [6.45, 7) is 3.59. The number of ether oxygens (including phenoxy) is 2. The molecular formula is C67H112NO8P. The van der Waals surface area contributed by atoms with Gasteiger partial charge in [0.2, 0.25) is 0 Å². The van der Waals surface area contributed by atoms with Crippen LogP contribution < -0.4 is 5.73 Å². The summed E-state index contributed by atoms with van der Waals surface area (Å²) in [7, 11) is -4.40. The number of rotatable bonds is 56. The van der Waals surface area contributed by atoms with Gasteiger partial charge in [0, 0.05) is 19.4 Å². The van der Waals surface area contributed by atoms with Crippen molar-refractivity contribution in [3.05, 3.63) is 134 Å². The van der Waals surface area contributed by atoms with Crippen LogP contribution in [0, 0.1) is 0 Å². The maximum Gasteiger partial charge on any atom is 0.472 e. The Morgan fingerprint density at radius 2 is 0.714 bits per heavy atom. The van der Waals surface area contributed by atoms with E-state index in [-0.39, 0.29) is 32.6 Å². The topological polar surface area (TPSA) is 134 Å². The van der Waals surface area contributed by atoms with Crippen molar-refractivity contribution in [1.82, 2.24) is 0 Å². The van der Waals surface area contributed by atoms with Gasteiger partial charge in [0.25, 0.3) is 0 Å². The predicted octanol–water partition coefficient (Wildman–Crippen LogP) is 19.7. The Morgan fingerprint density at radius 1 is 0.403 bits per heavy atom. The van der Waals surface area contributed by atoms with Crippen molar-refractivity contribution in [3.8, 4) is 0 Å². The maximum atomic E-state index is 12.7. The van der Waals surface area contributed by atoms with Crippen LogP contribution in [0.1, 0.15) is 245 Å². The lowest BCUT2D eigenvalue weighted by atomic mass is 10.1. The average Bonchev–Trinajstić information content (AvgIpc) is 3.42. The second kappa shape index (κ2) is 61.4. The summed E-state index contributed by atoms with van der Waals surface area (Å²) in [6.07, 6.45) is 86.4. The monoisotopic (exact) mass is 1090 g/mol. The van der Waals surface area contributed by atoms with Gasteiger partial charge in [0.05, 0.1) is 13.2 Å². The summed E-state index contributed by atoms with van der Waals surface area (Å²) in [5.74, 6) is -0.852. The molecule has 2 unspecified atom stereocenters. The van der Waals surface area contributed by atoms with Gasteiger partial charge >= 0.3 is 19.8 Å². The summed E-state index contributed by atoms with van der Waals surface area (Å²) in [5.41, 5.74) is 5.39. The van der Waals surface area contributed by atoms with Crippen LogP contribution in [0.3, 0.4) is 0 Å². The van der Waals surface area contributed by atoms with E-state index in [2.05, 4.69) is 148 Å². The highest BCUT2D eigenvalue weighted by atomic mass is 31.2. The van der Waals surface area contributed by atoms with Gasteiger partial charge in [-0.05, 0) is 116 Å². The normalized spacial score (nSPS) is 14.0. The molecule has 0 spiro atoms. The number of unbranched alkanes of at least 4 members (excludes halogenated alkanes) is 21. The van der Waals surface area contributed by atoms with Crippen LogP contribution in [0.5, 0.6) is 0 Å². The Labute approximate surface area is 472 Å². The number of nitrogens with two attached hydrogens (primary N) is 1. The molecule has 0 aliphatic heterocycles. The summed E-state index contributed by atoms with van der Waals surface area (Å²) < 4.78 is 33.1. The van der Waals surface area contributed by atoms with Crippen molar-refractivity contribution in [1.29, 1.82) is 0 Å². The molecule has 3 N–H and O–H groups in total. The first-order valence-corrected chi connectivity index (χ1v) is 32.2. The van der Waals surface area contributed by atoms with E-state index in [0.29, 0.717) is 6.42 Å². The van der Waals surface area contributed by atoms with Crippen LogP contribution in [-0.4, -0.2) is 49.3 Å².